The minimum atomic E-state index is -3.11. The highest BCUT2D eigenvalue weighted by molar-refractivity contribution is 7.89. The number of piperidine rings is 1. The van der Waals surface area contributed by atoms with Crippen molar-refractivity contribution >= 4 is 10.0 Å². The van der Waals surface area contributed by atoms with Crippen molar-refractivity contribution in [3.63, 3.8) is 0 Å². The van der Waals surface area contributed by atoms with Crippen LogP contribution in [0.1, 0.15) is 51.9 Å². The van der Waals surface area contributed by atoms with Crippen LogP contribution < -0.4 is 10.0 Å². The van der Waals surface area contributed by atoms with E-state index in [0.717, 1.165) is 25.9 Å². The number of hydrogen-bond acceptors (Lipinski definition) is 3. The molecule has 0 aromatic rings. The summed E-state index contributed by atoms with van der Waals surface area (Å²) >= 11 is 0. The molecule has 2 aliphatic rings. The third kappa shape index (κ3) is 5.04. The van der Waals surface area contributed by atoms with Gasteiger partial charge in [0.15, 0.2) is 0 Å². The molecule has 0 bridgehead atoms. The quantitative estimate of drug-likeness (QED) is 0.812. The molecule has 2 N–H and O–H groups in total. The van der Waals surface area contributed by atoms with Gasteiger partial charge in [0, 0.05) is 6.04 Å². The number of nitrogens with one attached hydrogen (secondary N) is 2. The van der Waals surface area contributed by atoms with Gasteiger partial charge < -0.3 is 5.32 Å². The van der Waals surface area contributed by atoms with Gasteiger partial charge in [-0.2, -0.15) is 0 Å². The number of hydrogen-bond donors (Lipinski definition) is 2. The maximum Gasteiger partial charge on any atom is 0.212 e. The lowest BCUT2D eigenvalue weighted by molar-refractivity contribution is 0.302. The Labute approximate surface area is 117 Å². The first-order valence-electron chi connectivity index (χ1n) is 7.77. The minimum absolute atomic E-state index is 0.104. The Balaban J connectivity index is 1.81. The maximum atomic E-state index is 12.2. The van der Waals surface area contributed by atoms with Crippen LogP contribution in [0.15, 0.2) is 0 Å². The third-order valence-corrected chi connectivity index (χ3v) is 6.28. The van der Waals surface area contributed by atoms with E-state index < -0.39 is 10.0 Å². The van der Waals surface area contributed by atoms with Gasteiger partial charge in [-0.05, 0) is 57.5 Å². The van der Waals surface area contributed by atoms with E-state index in [1.54, 1.807) is 0 Å². The lowest BCUT2D eigenvalue weighted by Gasteiger charge is -2.29. The fraction of sp³-hybridized carbons (Fsp3) is 1.00. The second-order valence-corrected chi connectivity index (χ2v) is 8.08. The fourth-order valence-corrected chi connectivity index (χ4v) is 5.23. The Kier molecular flexibility index (Phi) is 5.66. The molecule has 2 fully saturated rings. The molecule has 1 unspecified atom stereocenters. The van der Waals surface area contributed by atoms with Crippen LogP contribution in [0.4, 0.5) is 0 Å². The smallest absolute Gasteiger partial charge is 0.212 e. The first-order chi connectivity index (χ1) is 9.07. The zero-order valence-electron chi connectivity index (χ0n) is 12.0. The average Bonchev–Trinajstić information content (AvgIpc) is 2.39. The zero-order valence-corrected chi connectivity index (χ0v) is 12.8. The molecule has 1 saturated heterocycles. The summed E-state index contributed by atoms with van der Waals surface area (Å²) < 4.78 is 27.4. The number of rotatable bonds is 5. The van der Waals surface area contributed by atoms with Gasteiger partial charge in [-0.1, -0.05) is 19.3 Å². The Morgan fingerprint density at radius 1 is 1.11 bits per heavy atom. The molecule has 1 aliphatic carbocycles. The Hall–Kier alpha value is -0.130. The second kappa shape index (κ2) is 7.04. The second-order valence-electron chi connectivity index (χ2n) is 6.28. The van der Waals surface area contributed by atoms with Crippen molar-refractivity contribution < 1.29 is 8.42 Å². The molecular formula is C14H28N2O2S. The van der Waals surface area contributed by atoms with Crippen LogP contribution in [0.5, 0.6) is 0 Å². The van der Waals surface area contributed by atoms with Crippen molar-refractivity contribution in [2.24, 2.45) is 11.8 Å². The molecule has 1 aliphatic heterocycles. The van der Waals surface area contributed by atoms with Crippen LogP contribution in [0.2, 0.25) is 0 Å². The first kappa shape index (κ1) is 15.3. The fourth-order valence-electron chi connectivity index (χ4n) is 3.42. The summed E-state index contributed by atoms with van der Waals surface area (Å²) in [7, 11) is -3.11. The molecule has 5 heteroatoms. The highest BCUT2D eigenvalue weighted by atomic mass is 32.2. The maximum absolute atomic E-state index is 12.2. The standard InChI is InChI=1S/C14H28N2O2S/c1-12(14-5-3-2-4-6-14)16-19(17,18)11-13-7-9-15-10-8-13/h12-16H,2-11H2,1H3. The molecule has 112 valence electrons. The first-order valence-corrected chi connectivity index (χ1v) is 9.43. The molecule has 4 nitrogen and oxygen atoms in total. The molecule has 2 rings (SSSR count). The molecule has 1 atom stereocenters. The van der Waals surface area contributed by atoms with Crippen molar-refractivity contribution in [3.8, 4) is 0 Å². The normalized spacial score (nSPS) is 25.3. The van der Waals surface area contributed by atoms with Gasteiger partial charge in [-0.15, -0.1) is 0 Å². The van der Waals surface area contributed by atoms with Crippen molar-refractivity contribution in [1.29, 1.82) is 0 Å². The van der Waals surface area contributed by atoms with Crippen LogP contribution >= 0.6 is 0 Å². The van der Waals surface area contributed by atoms with E-state index in [0.29, 0.717) is 17.6 Å². The van der Waals surface area contributed by atoms with Gasteiger partial charge in [-0.25, -0.2) is 13.1 Å². The van der Waals surface area contributed by atoms with Crippen molar-refractivity contribution in [2.75, 3.05) is 18.8 Å². The van der Waals surface area contributed by atoms with Gasteiger partial charge in [0.25, 0.3) is 0 Å². The summed E-state index contributed by atoms with van der Waals surface area (Å²) in [5.74, 6) is 1.18. The zero-order chi connectivity index (χ0) is 13.7. The topological polar surface area (TPSA) is 58.2 Å². The van der Waals surface area contributed by atoms with E-state index >= 15 is 0 Å². The van der Waals surface area contributed by atoms with Crippen LogP contribution in [0.3, 0.4) is 0 Å². The van der Waals surface area contributed by atoms with Gasteiger partial charge in [0.1, 0.15) is 0 Å². The predicted molar refractivity (Wildman–Crippen MR) is 78.6 cm³/mol. The van der Waals surface area contributed by atoms with Gasteiger partial charge >= 0.3 is 0 Å². The molecule has 19 heavy (non-hydrogen) atoms. The van der Waals surface area contributed by atoms with Gasteiger partial charge in [-0.3, -0.25) is 0 Å². The van der Waals surface area contributed by atoms with Crippen LogP contribution in [-0.4, -0.2) is 33.3 Å². The van der Waals surface area contributed by atoms with Crippen molar-refractivity contribution in [1.82, 2.24) is 10.0 Å². The SMILES string of the molecule is CC(NS(=O)(=O)CC1CCNCC1)C1CCCCC1. The van der Waals surface area contributed by atoms with Crippen molar-refractivity contribution in [2.45, 2.75) is 57.9 Å². The van der Waals surface area contributed by atoms with E-state index in [2.05, 4.69) is 10.0 Å². The van der Waals surface area contributed by atoms with Crippen molar-refractivity contribution in [3.05, 3.63) is 0 Å². The largest absolute Gasteiger partial charge is 0.317 e. The molecule has 0 amide bonds. The van der Waals surface area contributed by atoms with E-state index in [1.165, 1.54) is 32.1 Å². The Bertz CT molecular complexity index is 358. The van der Waals surface area contributed by atoms with Crippen LogP contribution in [0, 0.1) is 11.8 Å². The summed E-state index contributed by atoms with van der Waals surface area (Å²) in [4.78, 5) is 0. The summed E-state index contributed by atoms with van der Waals surface area (Å²) in [6, 6.07) is 0.104. The monoisotopic (exact) mass is 288 g/mol. The molecular weight excluding hydrogens is 260 g/mol. The molecule has 1 heterocycles. The lowest BCUT2D eigenvalue weighted by Crippen LogP contribution is -2.42. The summed E-state index contributed by atoms with van der Waals surface area (Å²) in [5, 5.41) is 3.28. The average molecular weight is 288 g/mol. The molecule has 0 radical (unpaired) electrons. The molecule has 1 saturated carbocycles. The van der Waals surface area contributed by atoms with E-state index in [4.69, 9.17) is 0 Å². The summed E-state index contributed by atoms with van der Waals surface area (Å²) in [6.45, 7) is 3.95. The highest BCUT2D eigenvalue weighted by Crippen LogP contribution is 2.26. The third-order valence-electron chi connectivity index (χ3n) is 4.64. The molecule has 0 aromatic heterocycles. The summed E-state index contributed by atoms with van der Waals surface area (Å²) in [5.41, 5.74) is 0. The molecule has 0 spiro atoms. The Morgan fingerprint density at radius 3 is 2.37 bits per heavy atom. The number of sulfonamides is 1. The van der Waals surface area contributed by atoms with E-state index in [9.17, 15) is 8.42 Å². The molecule has 0 aromatic carbocycles. The van der Waals surface area contributed by atoms with E-state index in [-0.39, 0.29) is 6.04 Å². The van der Waals surface area contributed by atoms with Crippen LogP contribution in [-0.2, 0) is 10.0 Å². The van der Waals surface area contributed by atoms with E-state index in [1.807, 2.05) is 6.92 Å². The van der Waals surface area contributed by atoms with Gasteiger partial charge in [0.2, 0.25) is 10.0 Å². The van der Waals surface area contributed by atoms with Crippen LogP contribution in [0.25, 0.3) is 0 Å². The Morgan fingerprint density at radius 2 is 1.74 bits per heavy atom. The minimum Gasteiger partial charge on any atom is -0.317 e. The van der Waals surface area contributed by atoms with Gasteiger partial charge in [0.05, 0.1) is 5.75 Å². The highest BCUT2D eigenvalue weighted by Gasteiger charge is 2.26. The summed E-state index contributed by atoms with van der Waals surface area (Å²) in [6.07, 6.45) is 8.15. The predicted octanol–water partition coefficient (Wildman–Crippen LogP) is 1.87. The lowest BCUT2D eigenvalue weighted by atomic mass is 9.85.